The van der Waals surface area contributed by atoms with Crippen LogP contribution in [0.1, 0.15) is 24.8 Å². The molecule has 0 radical (unpaired) electrons. The van der Waals surface area contributed by atoms with Crippen LogP contribution in [0, 0.1) is 18.7 Å². The number of imidazole rings is 1. The Morgan fingerprint density at radius 2 is 2.07 bits per heavy atom. The van der Waals surface area contributed by atoms with E-state index in [1.807, 2.05) is 36.7 Å². The molecule has 0 saturated heterocycles. The average molecular weight is 366 g/mol. The largest absolute Gasteiger partial charge is 0.328 e. The molecule has 1 saturated carbocycles. The lowest BCUT2D eigenvalue weighted by molar-refractivity contribution is -0.119. The van der Waals surface area contributed by atoms with Crippen molar-refractivity contribution >= 4 is 22.6 Å². The summed E-state index contributed by atoms with van der Waals surface area (Å²) in [5.74, 6) is 0.421. The molecule has 27 heavy (non-hydrogen) atoms. The fraction of sp³-hybridized carbons (Fsp3) is 0.333. The summed E-state index contributed by atoms with van der Waals surface area (Å²) in [6, 6.07) is 10.6. The van der Waals surface area contributed by atoms with Crippen LogP contribution in [0.4, 0.5) is 10.1 Å². The van der Waals surface area contributed by atoms with Gasteiger partial charge in [0.2, 0.25) is 5.91 Å². The van der Waals surface area contributed by atoms with Crippen molar-refractivity contribution in [1.29, 1.82) is 0 Å². The number of fused-ring (bicyclic) bond motifs is 1. The lowest BCUT2D eigenvalue weighted by Crippen LogP contribution is -2.23. The predicted molar refractivity (Wildman–Crippen MR) is 105 cm³/mol. The van der Waals surface area contributed by atoms with E-state index in [-0.39, 0.29) is 23.7 Å². The monoisotopic (exact) mass is 366 g/mol. The van der Waals surface area contributed by atoms with Crippen molar-refractivity contribution < 1.29 is 9.18 Å². The number of carbonyl (C=O) groups excluding carboxylic acids is 1. The fourth-order valence-electron chi connectivity index (χ4n) is 3.82. The van der Waals surface area contributed by atoms with Crippen molar-refractivity contribution in [2.45, 2.75) is 32.2 Å². The van der Waals surface area contributed by atoms with Gasteiger partial charge < -0.3 is 15.6 Å². The Bertz CT molecular complexity index is 1030. The Hall–Kier alpha value is -2.73. The zero-order valence-corrected chi connectivity index (χ0v) is 15.5. The van der Waals surface area contributed by atoms with Gasteiger partial charge in [0.15, 0.2) is 0 Å². The minimum absolute atomic E-state index is 0.0234. The molecule has 0 aliphatic heterocycles. The SMILES string of the molecule is Cc1ccc(-c2nc3cc(F)ccc3n2C)cc1NC(=O)C1CCC(N)C1. The van der Waals surface area contributed by atoms with Gasteiger partial charge in [-0.15, -0.1) is 0 Å². The molecule has 1 aliphatic carbocycles. The van der Waals surface area contributed by atoms with Crippen LogP contribution in [-0.4, -0.2) is 21.5 Å². The van der Waals surface area contributed by atoms with Gasteiger partial charge in [-0.25, -0.2) is 9.37 Å². The van der Waals surface area contributed by atoms with E-state index in [9.17, 15) is 9.18 Å². The smallest absolute Gasteiger partial charge is 0.227 e. The predicted octanol–water partition coefficient (Wildman–Crippen LogP) is 3.75. The third kappa shape index (κ3) is 3.32. The number of hydrogen-bond acceptors (Lipinski definition) is 3. The molecule has 1 amide bonds. The van der Waals surface area contributed by atoms with E-state index in [1.54, 1.807) is 6.07 Å². The maximum atomic E-state index is 13.5. The second-order valence-corrected chi connectivity index (χ2v) is 7.42. The van der Waals surface area contributed by atoms with Gasteiger partial charge in [-0.2, -0.15) is 0 Å². The Morgan fingerprint density at radius 1 is 1.26 bits per heavy atom. The van der Waals surface area contributed by atoms with Crippen LogP contribution in [0.25, 0.3) is 22.4 Å². The number of benzene rings is 2. The molecule has 1 aliphatic rings. The van der Waals surface area contributed by atoms with E-state index >= 15 is 0 Å². The Balaban J connectivity index is 1.66. The highest BCUT2D eigenvalue weighted by atomic mass is 19.1. The Morgan fingerprint density at radius 3 is 2.81 bits per heavy atom. The molecule has 3 N–H and O–H groups in total. The molecule has 1 heterocycles. The number of amides is 1. The van der Waals surface area contributed by atoms with Crippen LogP contribution >= 0.6 is 0 Å². The number of aromatic nitrogens is 2. The quantitative estimate of drug-likeness (QED) is 0.741. The molecule has 2 unspecified atom stereocenters. The zero-order valence-electron chi connectivity index (χ0n) is 15.5. The van der Waals surface area contributed by atoms with Crippen LogP contribution < -0.4 is 11.1 Å². The third-order valence-corrected chi connectivity index (χ3v) is 5.44. The van der Waals surface area contributed by atoms with Gasteiger partial charge in [-0.3, -0.25) is 4.79 Å². The lowest BCUT2D eigenvalue weighted by Gasteiger charge is -2.14. The van der Waals surface area contributed by atoms with Gasteiger partial charge in [0.1, 0.15) is 11.6 Å². The van der Waals surface area contributed by atoms with E-state index in [1.165, 1.54) is 12.1 Å². The number of rotatable bonds is 3. The summed E-state index contributed by atoms with van der Waals surface area (Å²) in [6.07, 6.45) is 2.47. The highest BCUT2D eigenvalue weighted by Gasteiger charge is 2.28. The number of carbonyl (C=O) groups is 1. The molecule has 1 fully saturated rings. The second kappa shape index (κ2) is 6.78. The van der Waals surface area contributed by atoms with E-state index in [4.69, 9.17) is 5.73 Å². The molecular weight excluding hydrogens is 343 g/mol. The van der Waals surface area contributed by atoms with E-state index in [0.29, 0.717) is 5.52 Å². The van der Waals surface area contributed by atoms with Crippen LogP contribution in [0.2, 0.25) is 0 Å². The van der Waals surface area contributed by atoms with Crippen molar-refractivity contribution in [3.63, 3.8) is 0 Å². The molecule has 3 aromatic rings. The van der Waals surface area contributed by atoms with Gasteiger partial charge in [0.25, 0.3) is 0 Å². The van der Waals surface area contributed by atoms with E-state index in [2.05, 4.69) is 10.3 Å². The van der Waals surface area contributed by atoms with Crippen molar-refractivity contribution in [1.82, 2.24) is 9.55 Å². The van der Waals surface area contributed by atoms with Crippen LogP contribution in [-0.2, 0) is 11.8 Å². The van der Waals surface area contributed by atoms with E-state index < -0.39 is 0 Å². The summed E-state index contributed by atoms with van der Waals surface area (Å²) < 4.78 is 15.4. The molecule has 140 valence electrons. The summed E-state index contributed by atoms with van der Waals surface area (Å²) in [6.45, 7) is 1.96. The molecule has 2 atom stereocenters. The first-order valence-corrected chi connectivity index (χ1v) is 9.22. The number of halogens is 1. The van der Waals surface area contributed by atoms with Gasteiger partial charge in [0.05, 0.1) is 11.0 Å². The Kier molecular flexibility index (Phi) is 4.44. The summed E-state index contributed by atoms with van der Waals surface area (Å²) in [7, 11) is 1.90. The van der Waals surface area contributed by atoms with Gasteiger partial charge in [0, 0.05) is 36.3 Å². The fourth-order valence-corrected chi connectivity index (χ4v) is 3.82. The maximum absolute atomic E-state index is 13.5. The van der Waals surface area contributed by atoms with Crippen molar-refractivity contribution in [2.24, 2.45) is 18.7 Å². The first-order chi connectivity index (χ1) is 12.9. The molecule has 0 spiro atoms. The highest BCUT2D eigenvalue weighted by molar-refractivity contribution is 5.94. The van der Waals surface area contributed by atoms with E-state index in [0.717, 1.165) is 47.4 Å². The van der Waals surface area contributed by atoms with Crippen LogP contribution in [0.5, 0.6) is 0 Å². The summed E-state index contributed by atoms with van der Waals surface area (Å²) >= 11 is 0. The second-order valence-electron chi connectivity index (χ2n) is 7.42. The van der Waals surface area contributed by atoms with Crippen LogP contribution in [0.15, 0.2) is 36.4 Å². The number of nitrogens with zero attached hydrogens (tertiary/aromatic N) is 2. The lowest BCUT2D eigenvalue weighted by atomic mass is 10.1. The standard InChI is InChI=1S/C21H23FN4O/c1-12-3-4-13(10-17(12)25-21(27)14-5-7-16(23)9-14)20-24-18-11-15(22)6-8-19(18)26(20)2/h3-4,6,8,10-11,14,16H,5,7,9,23H2,1-2H3,(H,25,27). The third-order valence-electron chi connectivity index (χ3n) is 5.44. The minimum Gasteiger partial charge on any atom is -0.328 e. The molecule has 2 aromatic carbocycles. The topological polar surface area (TPSA) is 72.9 Å². The van der Waals surface area contributed by atoms with Crippen molar-refractivity contribution in [3.8, 4) is 11.4 Å². The first kappa shape index (κ1) is 17.7. The number of nitrogens with one attached hydrogen (secondary N) is 1. The summed E-state index contributed by atoms with van der Waals surface area (Å²) in [5, 5.41) is 3.05. The van der Waals surface area contributed by atoms with Crippen LogP contribution in [0.3, 0.4) is 0 Å². The normalized spacial score (nSPS) is 19.6. The highest BCUT2D eigenvalue weighted by Crippen LogP contribution is 2.30. The molecular formula is C21H23FN4O. The minimum atomic E-state index is -0.307. The summed E-state index contributed by atoms with van der Waals surface area (Å²) in [5.41, 5.74) is 10.0. The van der Waals surface area contributed by atoms with Crippen molar-refractivity contribution in [2.75, 3.05) is 5.32 Å². The van der Waals surface area contributed by atoms with Gasteiger partial charge in [-0.1, -0.05) is 12.1 Å². The Labute approximate surface area is 157 Å². The van der Waals surface area contributed by atoms with Gasteiger partial charge >= 0.3 is 0 Å². The maximum Gasteiger partial charge on any atom is 0.227 e. The van der Waals surface area contributed by atoms with Gasteiger partial charge in [-0.05, 0) is 49.9 Å². The molecule has 6 heteroatoms. The average Bonchev–Trinajstić information content (AvgIpc) is 3.20. The first-order valence-electron chi connectivity index (χ1n) is 9.22. The molecule has 5 nitrogen and oxygen atoms in total. The molecule has 4 rings (SSSR count). The zero-order chi connectivity index (χ0) is 19.1. The number of hydrogen-bond donors (Lipinski definition) is 2. The number of aryl methyl sites for hydroxylation is 2. The molecule has 1 aromatic heterocycles. The molecule has 0 bridgehead atoms. The summed E-state index contributed by atoms with van der Waals surface area (Å²) in [4.78, 5) is 17.2. The number of nitrogens with two attached hydrogens (primary N) is 1. The van der Waals surface area contributed by atoms with Crippen molar-refractivity contribution in [3.05, 3.63) is 47.8 Å². The number of anilines is 1.